The summed E-state index contributed by atoms with van der Waals surface area (Å²) in [6.45, 7) is 1.59. The Balaban J connectivity index is 2.65. The van der Waals surface area contributed by atoms with Gasteiger partial charge in [-0.3, -0.25) is 4.79 Å². The standard InChI is InChI=1S/C11H12N2O2/c1-8(11(13)14)15-10-4-2-9(3-5-10)6-7-12/h2-5,8H,6H2,1H3,(H2,13,14)/t8-/m1/s1. The Kier molecular flexibility index (Phi) is 3.69. The van der Waals surface area contributed by atoms with Crippen LogP contribution in [0.1, 0.15) is 12.5 Å². The van der Waals surface area contributed by atoms with E-state index in [1.54, 1.807) is 31.2 Å². The van der Waals surface area contributed by atoms with Crippen LogP contribution in [-0.4, -0.2) is 12.0 Å². The number of nitrogens with two attached hydrogens (primary N) is 1. The fourth-order valence-electron chi connectivity index (χ4n) is 1.04. The number of carbonyl (C=O) groups is 1. The first kappa shape index (κ1) is 11.1. The van der Waals surface area contributed by atoms with Crippen molar-refractivity contribution in [1.29, 1.82) is 5.26 Å². The first-order chi connectivity index (χ1) is 7.13. The molecule has 1 amide bonds. The molecule has 4 nitrogen and oxygen atoms in total. The maximum Gasteiger partial charge on any atom is 0.258 e. The highest BCUT2D eigenvalue weighted by Crippen LogP contribution is 2.13. The lowest BCUT2D eigenvalue weighted by Crippen LogP contribution is -2.30. The Morgan fingerprint density at radius 1 is 1.53 bits per heavy atom. The first-order valence-corrected chi connectivity index (χ1v) is 4.55. The first-order valence-electron chi connectivity index (χ1n) is 4.55. The van der Waals surface area contributed by atoms with Crippen molar-refractivity contribution in [2.24, 2.45) is 5.73 Å². The van der Waals surface area contributed by atoms with Crippen molar-refractivity contribution >= 4 is 5.91 Å². The number of amides is 1. The topological polar surface area (TPSA) is 76.1 Å². The van der Waals surface area contributed by atoms with Gasteiger partial charge in [-0.15, -0.1) is 0 Å². The van der Waals surface area contributed by atoms with E-state index in [-0.39, 0.29) is 0 Å². The lowest BCUT2D eigenvalue weighted by Gasteiger charge is -2.10. The molecule has 0 saturated heterocycles. The Labute approximate surface area is 88.3 Å². The van der Waals surface area contributed by atoms with Crippen molar-refractivity contribution in [2.75, 3.05) is 0 Å². The van der Waals surface area contributed by atoms with Gasteiger partial charge in [0.15, 0.2) is 6.10 Å². The van der Waals surface area contributed by atoms with Gasteiger partial charge in [-0.2, -0.15) is 5.26 Å². The average Bonchev–Trinajstić information content (AvgIpc) is 2.21. The molecule has 0 bridgehead atoms. The van der Waals surface area contributed by atoms with Gasteiger partial charge in [0.05, 0.1) is 12.5 Å². The van der Waals surface area contributed by atoms with Crippen LogP contribution < -0.4 is 10.5 Å². The van der Waals surface area contributed by atoms with E-state index in [4.69, 9.17) is 15.7 Å². The molecule has 0 radical (unpaired) electrons. The van der Waals surface area contributed by atoms with Crippen LogP contribution in [0.15, 0.2) is 24.3 Å². The van der Waals surface area contributed by atoms with Gasteiger partial charge in [-0.25, -0.2) is 0 Å². The quantitative estimate of drug-likeness (QED) is 0.795. The predicted molar refractivity (Wildman–Crippen MR) is 55.0 cm³/mol. The Morgan fingerprint density at radius 2 is 2.13 bits per heavy atom. The van der Waals surface area contributed by atoms with E-state index >= 15 is 0 Å². The molecule has 0 heterocycles. The molecule has 0 spiro atoms. The third-order valence-electron chi connectivity index (χ3n) is 1.92. The van der Waals surface area contributed by atoms with Gasteiger partial charge >= 0.3 is 0 Å². The normalized spacial score (nSPS) is 11.5. The number of rotatable bonds is 4. The molecule has 4 heteroatoms. The molecule has 0 aliphatic rings. The van der Waals surface area contributed by atoms with Crippen molar-refractivity contribution in [3.8, 4) is 11.8 Å². The monoisotopic (exact) mass is 204 g/mol. The summed E-state index contributed by atoms with van der Waals surface area (Å²) in [5.74, 6) is 0.0686. The van der Waals surface area contributed by atoms with Gasteiger partial charge < -0.3 is 10.5 Å². The zero-order chi connectivity index (χ0) is 11.3. The second kappa shape index (κ2) is 5.01. The largest absolute Gasteiger partial charge is 0.481 e. The van der Waals surface area contributed by atoms with Crippen molar-refractivity contribution in [3.05, 3.63) is 29.8 Å². The molecule has 15 heavy (non-hydrogen) atoms. The van der Waals surface area contributed by atoms with Crippen LogP contribution in [0.5, 0.6) is 5.75 Å². The predicted octanol–water partition coefficient (Wildman–Crippen LogP) is 1.01. The number of primary amides is 1. The van der Waals surface area contributed by atoms with Crippen LogP contribution in [-0.2, 0) is 11.2 Å². The molecule has 78 valence electrons. The molecule has 1 aromatic carbocycles. The highest BCUT2D eigenvalue weighted by Gasteiger charge is 2.09. The minimum absolute atomic E-state index is 0.367. The lowest BCUT2D eigenvalue weighted by atomic mass is 10.2. The summed E-state index contributed by atoms with van der Waals surface area (Å²) in [6, 6.07) is 9.04. The second-order valence-corrected chi connectivity index (χ2v) is 3.14. The van der Waals surface area contributed by atoms with E-state index in [2.05, 4.69) is 0 Å². The summed E-state index contributed by atoms with van der Waals surface area (Å²) in [5.41, 5.74) is 5.97. The van der Waals surface area contributed by atoms with E-state index in [0.29, 0.717) is 12.2 Å². The molecule has 1 atom stereocenters. The molecular weight excluding hydrogens is 192 g/mol. The number of carbonyl (C=O) groups excluding carboxylic acids is 1. The molecular formula is C11H12N2O2. The van der Waals surface area contributed by atoms with Crippen LogP contribution in [0.4, 0.5) is 0 Å². The van der Waals surface area contributed by atoms with Crippen LogP contribution >= 0.6 is 0 Å². The Bertz CT molecular complexity index is 379. The fourth-order valence-corrected chi connectivity index (χ4v) is 1.04. The molecule has 0 aliphatic carbocycles. The zero-order valence-corrected chi connectivity index (χ0v) is 8.43. The van der Waals surface area contributed by atoms with Gasteiger partial charge in [0.2, 0.25) is 0 Å². The summed E-state index contributed by atoms with van der Waals surface area (Å²) in [4.78, 5) is 10.7. The Morgan fingerprint density at radius 3 is 2.60 bits per heavy atom. The zero-order valence-electron chi connectivity index (χ0n) is 8.43. The van der Waals surface area contributed by atoms with Crippen molar-refractivity contribution in [2.45, 2.75) is 19.4 Å². The van der Waals surface area contributed by atoms with E-state index in [9.17, 15) is 4.79 Å². The summed E-state index contributed by atoms with van der Waals surface area (Å²) < 4.78 is 5.25. The number of nitrogens with zero attached hydrogens (tertiary/aromatic N) is 1. The van der Waals surface area contributed by atoms with Gasteiger partial charge in [0.25, 0.3) is 5.91 Å². The summed E-state index contributed by atoms with van der Waals surface area (Å²) >= 11 is 0. The van der Waals surface area contributed by atoms with Crippen LogP contribution in [0.3, 0.4) is 0 Å². The van der Waals surface area contributed by atoms with E-state index in [1.165, 1.54) is 0 Å². The van der Waals surface area contributed by atoms with Crippen LogP contribution in [0.25, 0.3) is 0 Å². The summed E-state index contributed by atoms with van der Waals surface area (Å²) in [6.07, 6.45) is -0.280. The van der Waals surface area contributed by atoms with Crippen molar-refractivity contribution in [3.63, 3.8) is 0 Å². The SMILES string of the molecule is C[C@@H](Oc1ccc(CC#N)cc1)C(N)=O. The average molecular weight is 204 g/mol. The third-order valence-corrected chi connectivity index (χ3v) is 1.92. The number of hydrogen-bond donors (Lipinski definition) is 1. The second-order valence-electron chi connectivity index (χ2n) is 3.14. The highest BCUT2D eigenvalue weighted by molar-refractivity contribution is 5.78. The molecule has 0 saturated carbocycles. The van der Waals surface area contributed by atoms with Crippen LogP contribution in [0, 0.1) is 11.3 Å². The minimum Gasteiger partial charge on any atom is -0.481 e. The maximum atomic E-state index is 10.7. The van der Waals surface area contributed by atoms with Crippen molar-refractivity contribution in [1.82, 2.24) is 0 Å². The smallest absolute Gasteiger partial charge is 0.258 e. The maximum absolute atomic E-state index is 10.7. The minimum atomic E-state index is -0.646. The van der Waals surface area contributed by atoms with Gasteiger partial charge in [0.1, 0.15) is 5.75 Å². The lowest BCUT2D eigenvalue weighted by molar-refractivity contribution is -0.123. The van der Waals surface area contributed by atoms with E-state index < -0.39 is 12.0 Å². The molecule has 0 aromatic heterocycles. The molecule has 1 aromatic rings. The molecule has 0 fully saturated rings. The number of hydrogen-bond acceptors (Lipinski definition) is 3. The van der Waals surface area contributed by atoms with Crippen LogP contribution in [0.2, 0.25) is 0 Å². The van der Waals surface area contributed by atoms with Gasteiger partial charge in [-0.05, 0) is 24.6 Å². The number of nitriles is 1. The van der Waals surface area contributed by atoms with E-state index in [1.807, 2.05) is 6.07 Å². The fraction of sp³-hybridized carbons (Fsp3) is 0.273. The molecule has 1 rings (SSSR count). The highest BCUT2D eigenvalue weighted by atomic mass is 16.5. The molecule has 2 N–H and O–H groups in total. The summed E-state index contributed by atoms with van der Waals surface area (Å²) in [5, 5.41) is 8.46. The Hall–Kier alpha value is -2.02. The molecule has 0 aliphatic heterocycles. The van der Waals surface area contributed by atoms with Crippen molar-refractivity contribution < 1.29 is 9.53 Å². The van der Waals surface area contributed by atoms with Gasteiger partial charge in [0, 0.05) is 0 Å². The number of ether oxygens (including phenoxy) is 1. The molecule has 0 unspecified atom stereocenters. The van der Waals surface area contributed by atoms with E-state index in [0.717, 1.165) is 5.56 Å². The third kappa shape index (κ3) is 3.31. The number of benzene rings is 1. The van der Waals surface area contributed by atoms with Gasteiger partial charge in [-0.1, -0.05) is 12.1 Å². The summed E-state index contributed by atoms with van der Waals surface area (Å²) in [7, 11) is 0.